The number of hydrogen-bond donors (Lipinski definition) is 1. The first-order chi connectivity index (χ1) is 12.1. The highest BCUT2D eigenvalue weighted by Gasteiger charge is 2.29. The van der Waals surface area contributed by atoms with Crippen molar-refractivity contribution in [3.8, 4) is 11.5 Å². The van der Waals surface area contributed by atoms with E-state index < -0.39 is 0 Å². The van der Waals surface area contributed by atoms with Gasteiger partial charge in [0.05, 0.1) is 10.0 Å². The van der Waals surface area contributed by atoms with E-state index in [1.165, 1.54) is 0 Å². The van der Waals surface area contributed by atoms with E-state index in [1.54, 1.807) is 30.3 Å². The number of nitrogens with zero attached hydrogens (tertiary/aromatic N) is 1. The molecule has 0 bridgehead atoms. The lowest BCUT2D eigenvalue weighted by molar-refractivity contribution is 0.0785. The van der Waals surface area contributed by atoms with Gasteiger partial charge in [0, 0.05) is 13.1 Å². The van der Waals surface area contributed by atoms with Crippen LogP contribution in [-0.2, 0) is 0 Å². The van der Waals surface area contributed by atoms with Gasteiger partial charge in [-0.3, -0.25) is 4.79 Å². The van der Waals surface area contributed by atoms with Gasteiger partial charge in [-0.2, -0.15) is 0 Å². The van der Waals surface area contributed by atoms with Crippen LogP contribution in [0, 0.1) is 5.92 Å². The Labute approximate surface area is 169 Å². The highest BCUT2D eigenvalue weighted by molar-refractivity contribution is 6.34. The molecule has 0 spiro atoms. The number of ether oxygens (including phenoxy) is 1. The van der Waals surface area contributed by atoms with Crippen LogP contribution in [0.2, 0.25) is 10.0 Å². The first-order valence-electron chi connectivity index (χ1n) is 8.25. The third-order valence-electron chi connectivity index (χ3n) is 4.31. The minimum Gasteiger partial charge on any atom is -0.455 e. The molecule has 2 aromatic rings. The molecule has 0 aromatic heterocycles. The van der Waals surface area contributed by atoms with Crippen LogP contribution in [0.1, 0.15) is 16.8 Å². The second-order valence-corrected chi connectivity index (χ2v) is 6.92. The van der Waals surface area contributed by atoms with Gasteiger partial charge in [-0.15, -0.1) is 12.4 Å². The highest BCUT2D eigenvalue weighted by atomic mass is 35.5. The SMILES string of the molecule is CNCC1CCN(C(=O)c2c(Cl)cccc2Oc2ccccc2Cl)C1.Cl. The Kier molecular flexibility index (Phi) is 7.59. The second kappa shape index (κ2) is 9.47. The van der Waals surface area contributed by atoms with Crippen molar-refractivity contribution < 1.29 is 9.53 Å². The van der Waals surface area contributed by atoms with Gasteiger partial charge in [0.2, 0.25) is 0 Å². The monoisotopic (exact) mass is 414 g/mol. The molecule has 1 saturated heterocycles. The molecular weight excluding hydrogens is 395 g/mol. The quantitative estimate of drug-likeness (QED) is 0.756. The van der Waals surface area contributed by atoms with Crippen molar-refractivity contribution in [1.29, 1.82) is 0 Å². The first-order valence-corrected chi connectivity index (χ1v) is 9.00. The maximum absolute atomic E-state index is 13.0. The topological polar surface area (TPSA) is 41.6 Å². The van der Waals surface area contributed by atoms with Gasteiger partial charge in [-0.05, 0) is 50.2 Å². The summed E-state index contributed by atoms with van der Waals surface area (Å²) in [4.78, 5) is 14.9. The lowest BCUT2D eigenvalue weighted by atomic mass is 10.1. The Morgan fingerprint density at radius 1 is 1.15 bits per heavy atom. The average molecular weight is 416 g/mol. The van der Waals surface area contributed by atoms with Gasteiger partial charge < -0.3 is 15.0 Å². The Morgan fingerprint density at radius 2 is 1.85 bits per heavy atom. The highest BCUT2D eigenvalue weighted by Crippen LogP contribution is 2.35. The number of hydrogen-bond acceptors (Lipinski definition) is 3. The number of carbonyl (C=O) groups is 1. The van der Waals surface area contributed by atoms with Crippen molar-refractivity contribution in [3.63, 3.8) is 0 Å². The maximum atomic E-state index is 13.0. The van der Waals surface area contributed by atoms with Crippen LogP contribution in [0.15, 0.2) is 42.5 Å². The molecule has 0 aliphatic carbocycles. The van der Waals surface area contributed by atoms with Gasteiger partial charge in [-0.1, -0.05) is 41.4 Å². The summed E-state index contributed by atoms with van der Waals surface area (Å²) in [7, 11) is 1.92. The molecule has 3 rings (SSSR count). The number of halogens is 3. The number of rotatable bonds is 5. The van der Waals surface area contributed by atoms with E-state index in [2.05, 4.69) is 5.32 Å². The van der Waals surface area contributed by atoms with E-state index in [0.717, 1.165) is 26.1 Å². The zero-order valence-electron chi connectivity index (χ0n) is 14.4. The van der Waals surface area contributed by atoms with Crippen LogP contribution in [0.4, 0.5) is 0 Å². The molecule has 26 heavy (non-hydrogen) atoms. The summed E-state index contributed by atoms with van der Waals surface area (Å²) in [5.74, 6) is 1.27. The van der Waals surface area contributed by atoms with Crippen LogP contribution in [0.3, 0.4) is 0 Å². The fraction of sp³-hybridized carbons (Fsp3) is 0.316. The van der Waals surface area contributed by atoms with Crippen molar-refractivity contribution >= 4 is 41.5 Å². The van der Waals surface area contributed by atoms with Crippen molar-refractivity contribution in [2.24, 2.45) is 5.92 Å². The summed E-state index contributed by atoms with van der Waals surface area (Å²) >= 11 is 12.5. The van der Waals surface area contributed by atoms with Gasteiger partial charge in [0.1, 0.15) is 17.1 Å². The molecule has 0 saturated carbocycles. The molecule has 4 nitrogen and oxygen atoms in total. The molecular formula is C19H21Cl3N2O2. The molecule has 7 heteroatoms. The molecule has 1 aliphatic heterocycles. The molecule has 1 unspecified atom stereocenters. The fourth-order valence-corrected chi connectivity index (χ4v) is 3.49. The smallest absolute Gasteiger partial charge is 0.259 e. The molecule has 2 aromatic carbocycles. The Bertz CT molecular complexity index is 770. The Hall–Kier alpha value is -1.46. The normalized spacial score (nSPS) is 16.3. The molecule has 1 fully saturated rings. The molecule has 1 aliphatic rings. The molecule has 1 N–H and O–H groups in total. The molecule has 0 radical (unpaired) electrons. The summed E-state index contributed by atoms with van der Waals surface area (Å²) < 4.78 is 5.90. The zero-order chi connectivity index (χ0) is 17.8. The summed E-state index contributed by atoms with van der Waals surface area (Å²) in [6, 6.07) is 12.4. The fourth-order valence-electron chi connectivity index (χ4n) is 3.07. The predicted octanol–water partition coefficient (Wildman–Crippen LogP) is 4.89. The number of amides is 1. The van der Waals surface area contributed by atoms with Crippen molar-refractivity contribution in [2.75, 3.05) is 26.7 Å². The van der Waals surface area contributed by atoms with E-state index in [0.29, 0.717) is 33.0 Å². The maximum Gasteiger partial charge on any atom is 0.259 e. The summed E-state index contributed by atoms with van der Waals surface area (Å²) in [5.41, 5.74) is 0.384. The van der Waals surface area contributed by atoms with Crippen LogP contribution in [0.25, 0.3) is 0 Å². The van der Waals surface area contributed by atoms with Crippen LogP contribution in [0.5, 0.6) is 11.5 Å². The third kappa shape index (κ3) is 4.63. The Morgan fingerprint density at radius 3 is 2.58 bits per heavy atom. The third-order valence-corrected chi connectivity index (χ3v) is 4.94. The lowest BCUT2D eigenvalue weighted by Gasteiger charge is -2.20. The van der Waals surface area contributed by atoms with Crippen LogP contribution < -0.4 is 10.1 Å². The zero-order valence-corrected chi connectivity index (χ0v) is 16.7. The van der Waals surface area contributed by atoms with Gasteiger partial charge in [-0.25, -0.2) is 0 Å². The van der Waals surface area contributed by atoms with E-state index in [9.17, 15) is 4.79 Å². The molecule has 1 atom stereocenters. The molecule has 140 valence electrons. The number of benzene rings is 2. The number of para-hydroxylation sites is 1. The van der Waals surface area contributed by atoms with Gasteiger partial charge in [0.25, 0.3) is 5.91 Å². The number of nitrogens with one attached hydrogen (secondary N) is 1. The minimum atomic E-state index is -0.105. The molecule has 1 heterocycles. The second-order valence-electron chi connectivity index (χ2n) is 6.11. The van der Waals surface area contributed by atoms with Crippen molar-refractivity contribution in [2.45, 2.75) is 6.42 Å². The van der Waals surface area contributed by atoms with Gasteiger partial charge in [0.15, 0.2) is 0 Å². The summed E-state index contributed by atoms with van der Waals surface area (Å²) in [6.07, 6.45) is 0.984. The lowest BCUT2D eigenvalue weighted by Crippen LogP contribution is -2.30. The summed E-state index contributed by atoms with van der Waals surface area (Å²) in [6.45, 7) is 2.34. The number of likely N-dealkylation sites (tertiary alicyclic amines) is 1. The predicted molar refractivity (Wildman–Crippen MR) is 108 cm³/mol. The molecule has 1 amide bonds. The minimum absolute atomic E-state index is 0. The van der Waals surface area contributed by atoms with E-state index in [-0.39, 0.29) is 18.3 Å². The van der Waals surface area contributed by atoms with Crippen molar-refractivity contribution in [1.82, 2.24) is 10.2 Å². The van der Waals surface area contributed by atoms with E-state index >= 15 is 0 Å². The van der Waals surface area contributed by atoms with Gasteiger partial charge >= 0.3 is 0 Å². The van der Waals surface area contributed by atoms with Crippen molar-refractivity contribution in [3.05, 3.63) is 58.1 Å². The van der Waals surface area contributed by atoms with Crippen LogP contribution in [-0.4, -0.2) is 37.5 Å². The number of carbonyl (C=O) groups excluding carboxylic acids is 1. The standard InChI is InChI=1S/C19H20Cl2N2O2.ClH/c1-22-11-13-9-10-23(12-13)19(24)18-15(21)6-4-8-17(18)25-16-7-3-2-5-14(16)20;/h2-8,13,22H,9-12H2,1H3;1H. The Balaban J connectivity index is 0.00000243. The summed E-state index contributed by atoms with van der Waals surface area (Å²) in [5, 5.41) is 4.03. The largest absolute Gasteiger partial charge is 0.455 e. The van der Waals surface area contributed by atoms with E-state index in [4.69, 9.17) is 27.9 Å². The van der Waals surface area contributed by atoms with E-state index in [1.807, 2.05) is 24.1 Å². The van der Waals surface area contributed by atoms with Crippen LogP contribution >= 0.6 is 35.6 Å². The average Bonchev–Trinajstić information content (AvgIpc) is 3.06. The first kappa shape index (κ1) is 20.8.